The average molecular weight is 393 g/mol. The van der Waals surface area contributed by atoms with Crippen LogP contribution in [0.2, 0.25) is 0 Å². The predicted molar refractivity (Wildman–Crippen MR) is 76.3 cm³/mol. The Labute approximate surface area is 139 Å². The molecule has 142 valence electrons. The van der Waals surface area contributed by atoms with Gasteiger partial charge in [-0.1, -0.05) is 18.2 Å². The van der Waals surface area contributed by atoms with Crippen molar-refractivity contribution in [3.05, 3.63) is 30.3 Å². The van der Waals surface area contributed by atoms with Gasteiger partial charge in [-0.15, -0.1) is 0 Å². The molecule has 25 heavy (non-hydrogen) atoms. The van der Waals surface area contributed by atoms with Gasteiger partial charge in [-0.25, -0.2) is 0 Å². The third-order valence-electron chi connectivity index (χ3n) is 2.70. The van der Waals surface area contributed by atoms with Crippen LogP contribution in [0, 0.1) is 0 Å². The topological polar surface area (TPSA) is 55.8 Å². The lowest BCUT2D eigenvalue weighted by Gasteiger charge is -2.23. The van der Waals surface area contributed by atoms with E-state index >= 15 is 0 Å². The van der Waals surface area contributed by atoms with E-state index in [1.807, 2.05) is 0 Å². The van der Waals surface area contributed by atoms with Crippen LogP contribution in [0.1, 0.15) is 0 Å². The second-order valence-electron chi connectivity index (χ2n) is 4.83. The van der Waals surface area contributed by atoms with Gasteiger partial charge in [-0.3, -0.25) is 18.4 Å². The first-order valence-electron chi connectivity index (χ1n) is 6.65. The molecule has 0 heterocycles. The molecule has 1 aromatic rings. The molecule has 0 unspecified atom stereocenters. The second kappa shape index (κ2) is 8.20. The molecule has 0 aliphatic carbocycles. The van der Waals surface area contributed by atoms with Gasteiger partial charge in [0, 0.05) is 12.7 Å². The van der Waals surface area contributed by atoms with Gasteiger partial charge >= 0.3 is 19.9 Å². The maximum Gasteiger partial charge on any atom is 0.412 e. The fourth-order valence-corrected chi connectivity index (χ4v) is 3.03. The van der Waals surface area contributed by atoms with E-state index in [9.17, 15) is 35.7 Å². The van der Waals surface area contributed by atoms with Crippen molar-refractivity contribution >= 4 is 19.2 Å². The molecule has 1 amide bonds. The Morgan fingerprint density at radius 1 is 1.00 bits per heavy atom. The van der Waals surface area contributed by atoms with Crippen LogP contribution < -0.4 is 4.90 Å². The summed E-state index contributed by atoms with van der Waals surface area (Å²) < 4.78 is 93.4. The maximum absolute atomic E-state index is 12.2. The summed E-state index contributed by atoms with van der Waals surface area (Å²) in [5.74, 6) is -1.03. The molecule has 0 aliphatic rings. The Kier molecular flexibility index (Phi) is 7.04. The number of carbonyl (C=O) groups excluding carboxylic acids is 1. The minimum atomic E-state index is -4.97. The van der Waals surface area contributed by atoms with Crippen molar-refractivity contribution < 1.29 is 44.7 Å². The highest BCUT2D eigenvalue weighted by molar-refractivity contribution is 7.54. The van der Waals surface area contributed by atoms with E-state index in [1.165, 1.54) is 19.2 Å². The summed E-state index contributed by atoms with van der Waals surface area (Å²) in [7, 11) is -3.76. The fourth-order valence-electron chi connectivity index (χ4n) is 1.54. The molecule has 1 aromatic carbocycles. The molecule has 0 saturated heterocycles. The number of benzene rings is 1. The van der Waals surface area contributed by atoms with E-state index < -0.39 is 45.2 Å². The van der Waals surface area contributed by atoms with E-state index in [-0.39, 0.29) is 0 Å². The van der Waals surface area contributed by atoms with E-state index in [4.69, 9.17) is 0 Å². The lowest BCUT2D eigenvalue weighted by molar-refractivity contribution is -0.165. The number of amides is 1. The van der Waals surface area contributed by atoms with Crippen LogP contribution in [-0.4, -0.2) is 44.7 Å². The number of anilines is 1. The number of alkyl halides is 6. The van der Waals surface area contributed by atoms with E-state index in [0.717, 1.165) is 4.90 Å². The number of hydrogen-bond acceptors (Lipinski definition) is 4. The Bertz CT molecular complexity index is 597. The molecule has 0 N–H and O–H groups in total. The number of hydrogen-bond donors (Lipinski definition) is 0. The third-order valence-corrected chi connectivity index (χ3v) is 4.40. The van der Waals surface area contributed by atoms with Crippen LogP contribution in [0.3, 0.4) is 0 Å². The zero-order valence-corrected chi connectivity index (χ0v) is 13.7. The molecule has 1 rings (SSSR count). The minimum absolute atomic E-state index is 0.297. The van der Waals surface area contributed by atoms with Gasteiger partial charge in [0.1, 0.15) is 6.16 Å². The quantitative estimate of drug-likeness (QED) is 0.519. The van der Waals surface area contributed by atoms with Crippen LogP contribution in [0.25, 0.3) is 0 Å². The Hall–Kier alpha value is -1.58. The van der Waals surface area contributed by atoms with Crippen molar-refractivity contribution in [2.45, 2.75) is 12.4 Å². The van der Waals surface area contributed by atoms with E-state index in [0.29, 0.717) is 5.69 Å². The molecule has 0 saturated carbocycles. The van der Waals surface area contributed by atoms with Gasteiger partial charge in [-0.05, 0) is 12.1 Å². The summed E-state index contributed by atoms with van der Waals surface area (Å²) in [4.78, 5) is 13.0. The van der Waals surface area contributed by atoms with Gasteiger partial charge in [-0.2, -0.15) is 26.3 Å². The highest BCUT2D eigenvalue weighted by Crippen LogP contribution is 2.50. The van der Waals surface area contributed by atoms with Crippen molar-refractivity contribution in [3.63, 3.8) is 0 Å². The lowest BCUT2D eigenvalue weighted by atomic mass is 10.3. The highest BCUT2D eigenvalue weighted by atomic mass is 31.2. The van der Waals surface area contributed by atoms with Crippen LogP contribution >= 0.6 is 7.60 Å². The molecule has 0 radical (unpaired) electrons. The first-order valence-corrected chi connectivity index (χ1v) is 8.37. The molecular weight excluding hydrogens is 379 g/mol. The van der Waals surface area contributed by atoms with Gasteiger partial charge in [0.2, 0.25) is 5.91 Å². The van der Waals surface area contributed by atoms with Crippen LogP contribution in [0.15, 0.2) is 30.3 Å². The van der Waals surface area contributed by atoms with Gasteiger partial charge < -0.3 is 4.90 Å². The molecule has 0 bridgehead atoms. The largest absolute Gasteiger partial charge is 0.412 e. The number of halogens is 6. The molecule has 0 atom stereocenters. The first-order chi connectivity index (χ1) is 11.3. The summed E-state index contributed by atoms with van der Waals surface area (Å²) in [6.45, 7) is -4.21. The third kappa shape index (κ3) is 8.37. The van der Waals surface area contributed by atoms with Crippen LogP contribution in [-0.2, 0) is 18.4 Å². The molecular formula is C13H14F6NO4P. The summed E-state index contributed by atoms with van der Waals surface area (Å²) >= 11 is 0. The maximum atomic E-state index is 12.2. The monoisotopic (exact) mass is 393 g/mol. The first kappa shape index (κ1) is 21.5. The standard InChI is InChI=1S/C13H14F6NO4P/c1-20(10-5-3-2-4-6-10)11(21)7-25(22,23-8-12(14,15)16)24-9-13(17,18)19/h2-6H,7-9H2,1H3. The smallest absolute Gasteiger partial charge is 0.315 e. The van der Waals surface area contributed by atoms with Crippen molar-refractivity contribution in [1.82, 2.24) is 0 Å². The van der Waals surface area contributed by atoms with Crippen molar-refractivity contribution in [3.8, 4) is 0 Å². The summed E-state index contributed by atoms with van der Waals surface area (Å²) in [5.41, 5.74) is 0.297. The summed E-state index contributed by atoms with van der Waals surface area (Å²) in [5, 5.41) is 0. The molecule has 0 aromatic heterocycles. The van der Waals surface area contributed by atoms with Crippen LogP contribution in [0.4, 0.5) is 32.0 Å². The zero-order valence-electron chi connectivity index (χ0n) is 12.8. The normalized spacial score (nSPS) is 12.9. The van der Waals surface area contributed by atoms with Crippen molar-refractivity contribution in [2.24, 2.45) is 0 Å². The SMILES string of the molecule is CN(C(=O)CP(=O)(OCC(F)(F)F)OCC(F)(F)F)c1ccccc1. The molecule has 5 nitrogen and oxygen atoms in total. The molecule has 0 spiro atoms. The second-order valence-corrected chi connectivity index (χ2v) is 6.89. The number of nitrogens with zero attached hydrogens (tertiary/aromatic N) is 1. The number of rotatable bonds is 7. The Morgan fingerprint density at radius 2 is 1.44 bits per heavy atom. The van der Waals surface area contributed by atoms with Gasteiger partial charge in [0.25, 0.3) is 0 Å². The Balaban J connectivity index is 2.87. The van der Waals surface area contributed by atoms with E-state index in [1.54, 1.807) is 18.2 Å². The summed E-state index contributed by atoms with van der Waals surface area (Å²) in [6, 6.07) is 7.68. The van der Waals surface area contributed by atoms with Crippen LogP contribution in [0.5, 0.6) is 0 Å². The molecule has 0 aliphatic heterocycles. The average Bonchev–Trinajstić information content (AvgIpc) is 2.50. The lowest BCUT2D eigenvalue weighted by Crippen LogP contribution is -2.31. The molecule has 12 heteroatoms. The highest BCUT2D eigenvalue weighted by Gasteiger charge is 2.40. The minimum Gasteiger partial charge on any atom is -0.315 e. The van der Waals surface area contributed by atoms with Crippen molar-refractivity contribution in [2.75, 3.05) is 31.3 Å². The number of carbonyl (C=O) groups is 1. The number of para-hydroxylation sites is 1. The fraction of sp³-hybridized carbons (Fsp3) is 0.462. The van der Waals surface area contributed by atoms with Crippen molar-refractivity contribution in [1.29, 1.82) is 0 Å². The van der Waals surface area contributed by atoms with Gasteiger partial charge in [0.15, 0.2) is 13.2 Å². The van der Waals surface area contributed by atoms with E-state index in [2.05, 4.69) is 9.05 Å². The van der Waals surface area contributed by atoms with Gasteiger partial charge in [0.05, 0.1) is 0 Å². The predicted octanol–water partition coefficient (Wildman–Crippen LogP) is 4.00. The zero-order chi connectivity index (χ0) is 19.3. The Morgan fingerprint density at radius 3 is 1.84 bits per heavy atom. The molecule has 0 fully saturated rings. The summed E-state index contributed by atoms with van der Waals surface area (Å²) in [6.07, 6.45) is -11.2.